The van der Waals surface area contributed by atoms with E-state index in [9.17, 15) is 9.59 Å². The molecular formula is C12H22O4Pb. The van der Waals surface area contributed by atoms with Crippen molar-refractivity contribution in [3.8, 4) is 0 Å². The maximum absolute atomic E-state index is 10.4. The molecule has 1 unspecified atom stereocenters. The van der Waals surface area contributed by atoms with Gasteiger partial charge in [0.2, 0.25) is 0 Å². The topological polar surface area (TPSA) is 74.6 Å². The minimum Gasteiger partial charge on any atom is -0.481 e. The van der Waals surface area contributed by atoms with Crippen LogP contribution in [0.1, 0.15) is 46.5 Å². The van der Waals surface area contributed by atoms with E-state index in [1.54, 1.807) is 0 Å². The SMILES string of the molecule is C=C(C)C(=O)O.CCCCC(CC)C(=O)O.[Pb]. The van der Waals surface area contributed by atoms with Crippen LogP contribution in [-0.2, 0) is 9.59 Å². The van der Waals surface area contributed by atoms with Crippen molar-refractivity contribution >= 4 is 39.2 Å². The van der Waals surface area contributed by atoms with Gasteiger partial charge in [0.25, 0.3) is 0 Å². The van der Waals surface area contributed by atoms with Crippen molar-refractivity contribution in [3.63, 3.8) is 0 Å². The molecule has 0 fully saturated rings. The van der Waals surface area contributed by atoms with Crippen LogP contribution in [0.5, 0.6) is 0 Å². The normalized spacial score (nSPS) is 10.3. The van der Waals surface area contributed by atoms with E-state index in [0.29, 0.717) is 0 Å². The zero-order chi connectivity index (χ0) is 13.1. The number of carboxylic acid groups (broad SMARTS) is 2. The molecule has 0 amide bonds. The standard InChI is InChI=1S/C8H16O2.C4H6O2.Pb/c1-3-5-6-7(4-2)8(9)10;1-3(2)4(5)6;/h7H,3-6H2,1-2H3,(H,9,10);1H2,2H3,(H,5,6);. The minimum atomic E-state index is -0.935. The minimum absolute atomic E-state index is 0. The molecule has 0 aliphatic heterocycles. The third-order valence-corrected chi connectivity index (χ3v) is 2.11. The predicted molar refractivity (Wildman–Crippen MR) is 69.1 cm³/mol. The molecule has 0 spiro atoms. The molecule has 2 N–H and O–H groups in total. The monoisotopic (exact) mass is 438 g/mol. The van der Waals surface area contributed by atoms with E-state index < -0.39 is 11.9 Å². The summed E-state index contributed by atoms with van der Waals surface area (Å²) >= 11 is 0. The molecule has 17 heavy (non-hydrogen) atoms. The molecule has 0 aliphatic carbocycles. The molecular weight excluding hydrogens is 415 g/mol. The van der Waals surface area contributed by atoms with Crippen molar-refractivity contribution < 1.29 is 19.8 Å². The third kappa shape index (κ3) is 15.6. The molecule has 0 rings (SSSR count). The fourth-order valence-electron chi connectivity index (χ4n) is 0.953. The quantitative estimate of drug-likeness (QED) is 0.495. The van der Waals surface area contributed by atoms with Crippen LogP contribution in [0.3, 0.4) is 0 Å². The summed E-state index contributed by atoms with van der Waals surface area (Å²) in [5.41, 5.74) is 0.176. The summed E-state index contributed by atoms with van der Waals surface area (Å²) in [6, 6.07) is 0. The van der Waals surface area contributed by atoms with Crippen LogP contribution in [0.2, 0.25) is 0 Å². The van der Waals surface area contributed by atoms with E-state index in [1.165, 1.54) is 6.92 Å². The average Bonchev–Trinajstić information content (AvgIpc) is 2.19. The molecule has 4 nitrogen and oxygen atoms in total. The van der Waals surface area contributed by atoms with Crippen LogP contribution in [-0.4, -0.2) is 49.5 Å². The third-order valence-electron chi connectivity index (χ3n) is 2.11. The Bertz CT molecular complexity index is 227. The van der Waals surface area contributed by atoms with E-state index in [1.807, 2.05) is 6.92 Å². The molecule has 0 aromatic rings. The zero-order valence-corrected chi connectivity index (χ0v) is 14.7. The smallest absolute Gasteiger partial charge is 0.330 e. The number of unbranched alkanes of at least 4 members (excludes halogenated alkanes) is 1. The van der Waals surface area contributed by atoms with Crippen molar-refractivity contribution in [2.75, 3.05) is 0 Å². The second kappa shape index (κ2) is 13.7. The Morgan fingerprint density at radius 1 is 1.24 bits per heavy atom. The van der Waals surface area contributed by atoms with Crippen LogP contribution >= 0.6 is 0 Å². The fraction of sp³-hybridized carbons (Fsp3) is 0.667. The molecule has 5 heteroatoms. The average molecular weight is 438 g/mol. The summed E-state index contributed by atoms with van der Waals surface area (Å²) in [5, 5.41) is 16.5. The van der Waals surface area contributed by atoms with Gasteiger partial charge in [0, 0.05) is 32.9 Å². The van der Waals surface area contributed by atoms with Gasteiger partial charge in [-0.3, -0.25) is 4.79 Å². The molecule has 98 valence electrons. The first kappa shape index (κ1) is 21.8. The molecule has 0 aromatic heterocycles. The van der Waals surface area contributed by atoms with Gasteiger partial charge in [0.1, 0.15) is 0 Å². The summed E-state index contributed by atoms with van der Waals surface area (Å²) < 4.78 is 0. The van der Waals surface area contributed by atoms with Gasteiger partial charge < -0.3 is 10.2 Å². The Kier molecular flexibility index (Phi) is 17.6. The van der Waals surface area contributed by atoms with E-state index in [-0.39, 0.29) is 38.8 Å². The van der Waals surface area contributed by atoms with Crippen LogP contribution < -0.4 is 0 Å². The van der Waals surface area contributed by atoms with Gasteiger partial charge in [-0.1, -0.05) is 33.3 Å². The maximum Gasteiger partial charge on any atom is 0.330 e. The summed E-state index contributed by atoms with van der Waals surface area (Å²) in [5.74, 6) is -1.69. The van der Waals surface area contributed by atoms with Crippen LogP contribution in [0.4, 0.5) is 0 Å². The van der Waals surface area contributed by atoms with E-state index in [4.69, 9.17) is 10.2 Å². The Morgan fingerprint density at radius 3 is 1.82 bits per heavy atom. The first-order chi connectivity index (χ1) is 7.36. The largest absolute Gasteiger partial charge is 0.481 e. The summed E-state index contributed by atoms with van der Waals surface area (Å²) in [4.78, 5) is 20.0. The molecule has 0 bridgehead atoms. The first-order valence-corrected chi connectivity index (χ1v) is 5.48. The van der Waals surface area contributed by atoms with E-state index >= 15 is 0 Å². The summed E-state index contributed by atoms with van der Waals surface area (Å²) in [6.07, 6.45) is 3.71. The number of carboxylic acids is 2. The number of rotatable bonds is 6. The molecule has 0 heterocycles. The van der Waals surface area contributed by atoms with Crippen LogP contribution in [0, 0.1) is 5.92 Å². The summed E-state index contributed by atoms with van der Waals surface area (Å²) in [7, 11) is 0. The number of hydrogen-bond donors (Lipinski definition) is 2. The van der Waals surface area contributed by atoms with E-state index in [0.717, 1.165) is 25.7 Å². The van der Waals surface area contributed by atoms with Crippen molar-refractivity contribution in [1.82, 2.24) is 0 Å². The van der Waals surface area contributed by atoms with E-state index in [2.05, 4.69) is 13.5 Å². The van der Waals surface area contributed by atoms with Gasteiger partial charge in [-0.05, 0) is 19.8 Å². The number of hydrogen-bond acceptors (Lipinski definition) is 2. The molecule has 0 aliphatic rings. The summed E-state index contributed by atoms with van der Waals surface area (Å²) in [6.45, 7) is 8.60. The van der Waals surface area contributed by atoms with Crippen LogP contribution in [0.25, 0.3) is 0 Å². The number of carbonyl (C=O) groups is 2. The zero-order valence-electron chi connectivity index (χ0n) is 10.8. The molecule has 0 saturated carbocycles. The van der Waals surface area contributed by atoms with Crippen molar-refractivity contribution in [3.05, 3.63) is 12.2 Å². The molecule has 0 aromatic carbocycles. The maximum atomic E-state index is 10.4. The molecule has 1 atom stereocenters. The van der Waals surface area contributed by atoms with Gasteiger partial charge in [0.05, 0.1) is 5.92 Å². The second-order valence-corrected chi connectivity index (χ2v) is 3.67. The Labute approximate surface area is 123 Å². The Morgan fingerprint density at radius 2 is 1.65 bits per heavy atom. The van der Waals surface area contributed by atoms with Crippen molar-refractivity contribution in [2.45, 2.75) is 46.5 Å². The van der Waals surface area contributed by atoms with Gasteiger partial charge >= 0.3 is 11.9 Å². The Balaban J connectivity index is -0.000000244. The fourth-order valence-corrected chi connectivity index (χ4v) is 0.953. The number of aliphatic carboxylic acids is 2. The first-order valence-electron chi connectivity index (χ1n) is 5.48. The van der Waals surface area contributed by atoms with Gasteiger partial charge in [0.15, 0.2) is 0 Å². The van der Waals surface area contributed by atoms with Crippen LogP contribution in [0.15, 0.2) is 12.2 Å². The van der Waals surface area contributed by atoms with Gasteiger partial charge in [-0.2, -0.15) is 0 Å². The Hall–Kier alpha value is -0.398. The van der Waals surface area contributed by atoms with Gasteiger partial charge in [-0.15, -0.1) is 0 Å². The second-order valence-electron chi connectivity index (χ2n) is 3.67. The predicted octanol–water partition coefficient (Wildman–Crippen LogP) is 2.55. The molecule has 0 saturated heterocycles. The van der Waals surface area contributed by atoms with Crippen molar-refractivity contribution in [1.29, 1.82) is 0 Å². The molecule has 4 radical (unpaired) electrons. The van der Waals surface area contributed by atoms with Gasteiger partial charge in [-0.25, -0.2) is 4.79 Å². The van der Waals surface area contributed by atoms with Crippen molar-refractivity contribution in [2.24, 2.45) is 5.92 Å².